The van der Waals surface area contributed by atoms with Gasteiger partial charge in [-0.3, -0.25) is 4.79 Å². The molecule has 0 radical (unpaired) electrons. The number of carbonyl (C=O) groups is 2. The Morgan fingerprint density at radius 1 is 0.688 bits per heavy atom. The summed E-state index contributed by atoms with van der Waals surface area (Å²) in [6.07, 6.45) is 3.18. The van der Waals surface area contributed by atoms with Crippen molar-refractivity contribution in [3.63, 3.8) is 0 Å². The van der Waals surface area contributed by atoms with Crippen molar-refractivity contribution in [2.75, 3.05) is 21.3 Å². The first-order chi connectivity index (χ1) is 15.4. The van der Waals surface area contributed by atoms with Crippen LogP contribution in [-0.4, -0.2) is 33.1 Å². The molecular weight excluding hydrogens is 408 g/mol. The van der Waals surface area contributed by atoms with E-state index < -0.39 is 5.97 Å². The van der Waals surface area contributed by atoms with Crippen LogP contribution < -0.4 is 18.9 Å². The molecule has 0 saturated carbocycles. The van der Waals surface area contributed by atoms with E-state index >= 15 is 0 Å². The Kier molecular flexibility index (Phi) is 7.29. The summed E-state index contributed by atoms with van der Waals surface area (Å²) < 4.78 is 21.3. The molecule has 164 valence electrons. The molecule has 0 heterocycles. The standard InChI is InChI=1S/C26H24O6/c1-17-5-9-19(10-6-17)21(27)12-7-18-8-13-23(24(15-18)30-3)32-26(28)20-11-14-22(29-2)25(16-20)31-4/h5-16H,1-4H3. The largest absolute Gasteiger partial charge is 0.493 e. The Hall–Kier alpha value is -4.06. The van der Waals surface area contributed by atoms with Crippen LogP contribution in [0.25, 0.3) is 6.08 Å². The zero-order chi connectivity index (χ0) is 23.1. The van der Waals surface area contributed by atoms with Crippen LogP contribution in [0.1, 0.15) is 31.8 Å². The summed E-state index contributed by atoms with van der Waals surface area (Å²) in [7, 11) is 4.49. The summed E-state index contributed by atoms with van der Waals surface area (Å²) in [6.45, 7) is 1.97. The van der Waals surface area contributed by atoms with Crippen molar-refractivity contribution in [2.45, 2.75) is 6.92 Å². The number of benzene rings is 3. The van der Waals surface area contributed by atoms with Crippen LogP contribution in [0.2, 0.25) is 0 Å². The predicted molar refractivity (Wildman–Crippen MR) is 122 cm³/mol. The molecule has 0 N–H and O–H groups in total. The van der Waals surface area contributed by atoms with Crippen LogP contribution in [0.15, 0.2) is 66.7 Å². The van der Waals surface area contributed by atoms with Gasteiger partial charge in [-0.15, -0.1) is 0 Å². The van der Waals surface area contributed by atoms with E-state index in [-0.39, 0.29) is 11.5 Å². The van der Waals surface area contributed by atoms with Crippen LogP contribution >= 0.6 is 0 Å². The fourth-order valence-electron chi connectivity index (χ4n) is 2.98. The molecule has 0 aromatic heterocycles. The number of esters is 1. The summed E-state index contributed by atoms with van der Waals surface area (Å²) in [4.78, 5) is 24.9. The number of methoxy groups -OCH3 is 3. The Balaban J connectivity index is 1.75. The lowest BCUT2D eigenvalue weighted by Gasteiger charge is -2.12. The second-order valence-corrected chi connectivity index (χ2v) is 6.93. The van der Waals surface area contributed by atoms with E-state index in [1.54, 1.807) is 54.6 Å². The highest BCUT2D eigenvalue weighted by molar-refractivity contribution is 6.06. The van der Waals surface area contributed by atoms with Gasteiger partial charge in [-0.2, -0.15) is 0 Å². The molecule has 0 spiro atoms. The van der Waals surface area contributed by atoms with Gasteiger partial charge in [0.15, 0.2) is 28.8 Å². The number of hydrogen-bond donors (Lipinski definition) is 0. The fourth-order valence-corrected chi connectivity index (χ4v) is 2.98. The van der Waals surface area contributed by atoms with Crippen LogP contribution in [0.4, 0.5) is 0 Å². The molecule has 0 atom stereocenters. The maximum atomic E-state index is 12.6. The first kappa shape index (κ1) is 22.6. The van der Waals surface area contributed by atoms with E-state index in [0.29, 0.717) is 28.4 Å². The minimum Gasteiger partial charge on any atom is -0.493 e. The summed E-state index contributed by atoms with van der Waals surface area (Å²) in [5.41, 5.74) is 2.73. The van der Waals surface area contributed by atoms with E-state index in [1.165, 1.54) is 27.4 Å². The number of hydrogen-bond acceptors (Lipinski definition) is 6. The lowest BCUT2D eigenvalue weighted by Crippen LogP contribution is -2.09. The van der Waals surface area contributed by atoms with Gasteiger partial charge >= 0.3 is 5.97 Å². The zero-order valence-corrected chi connectivity index (χ0v) is 18.4. The second-order valence-electron chi connectivity index (χ2n) is 6.93. The molecule has 6 heteroatoms. The SMILES string of the molecule is COc1ccc(C(=O)Oc2ccc(C=CC(=O)c3ccc(C)cc3)cc2OC)cc1OC. The minimum absolute atomic E-state index is 0.104. The van der Waals surface area contributed by atoms with Gasteiger partial charge < -0.3 is 18.9 Å². The first-order valence-electron chi connectivity index (χ1n) is 9.86. The number of allylic oxidation sites excluding steroid dienone is 1. The first-order valence-corrected chi connectivity index (χ1v) is 9.86. The van der Waals surface area contributed by atoms with Crippen LogP contribution in [0, 0.1) is 6.92 Å². The van der Waals surface area contributed by atoms with Crippen molar-refractivity contribution in [3.05, 3.63) is 89.0 Å². The van der Waals surface area contributed by atoms with Gasteiger partial charge in [-0.05, 0) is 48.9 Å². The van der Waals surface area contributed by atoms with E-state index in [4.69, 9.17) is 18.9 Å². The van der Waals surface area contributed by atoms with Gasteiger partial charge in [0.2, 0.25) is 0 Å². The van der Waals surface area contributed by atoms with Gasteiger partial charge in [0.1, 0.15) is 0 Å². The van der Waals surface area contributed by atoms with Crippen molar-refractivity contribution < 1.29 is 28.5 Å². The highest BCUT2D eigenvalue weighted by Gasteiger charge is 2.15. The highest BCUT2D eigenvalue weighted by atomic mass is 16.6. The van der Waals surface area contributed by atoms with E-state index in [1.807, 2.05) is 19.1 Å². The van der Waals surface area contributed by atoms with Crippen molar-refractivity contribution in [1.29, 1.82) is 0 Å². The maximum absolute atomic E-state index is 12.6. The van der Waals surface area contributed by atoms with Crippen LogP contribution in [0.3, 0.4) is 0 Å². The van der Waals surface area contributed by atoms with Gasteiger partial charge in [0.25, 0.3) is 0 Å². The molecule has 0 aliphatic rings. The molecule has 6 nitrogen and oxygen atoms in total. The lowest BCUT2D eigenvalue weighted by atomic mass is 10.1. The van der Waals surface area contributed by atoms with Gasteiger partial charge in [0, 0.05) is 5.56 Å². The van der Waals surface area contributed by atoms with Crippen molar-refractivity contribution >= 4 is 17.8 Å². The van der Waals surface area contributed by atoms with E-state index in [9.17, 15) is 9.59 Å². The molecule has 3 rings (SSSR count). The molecule has 3 aromatic carbocycles. The zero-order valence-electron chi connectivity index (χ0n) is 18.4. The van der Waals surface area contributed by atoms with Gasteiger partial charge in [-0.1, -0.05) is 42.0 Å². The minimum atomic E-state index is -0.568. The summed E-state index contributed by atoms with van der Waals surface area (Å²) in [5.74, 6) is 0.888. The number of aryl methyl sites for hydroxylation is 1. The van der Waals surface area contributed by atoms with E-state index in [0.717, 1.165) is 11.1 Å². The molecule has 0 bridgehead atoms. The average molecular weight is 432 g/mol. The monoisotopic (exact) mass is 432 g/mol. The van der Waals surface area contributed by atoms with E-state index in [2.05, 4.69) is 0 Å². The summed E-state index contributed by atoms with van der Waals surface area (Å²) in [5, 5.41) is 0. The Bertz CT molecular complexity index is 1150. The Morgan fingerprint density at radius 3 is 1.94 bits per heavy atom. The molecule has 0 aliphatic heterocycles. The van der Waals surface area contributed by atoms with Crippen LogP contribution in [0.5, 0.6) is 23.0 Å². The number of ketones is 1. The molecule has 0 saturated heterocycles. The third-order valence-corrected chi connectivity index (χ3v) is 4.77. The molecule has 32 heavy (non-hydrogen) atoms. The molecule has 3 aromatic rings. The number of ether oxygens (including phenoxy) is 4. The molecule has 0 aliphatic carbocycles. The Morgan fingerprint density at radius 2 is 1.28 bits per heavy atom. The van der Waals surface area contributed by atoms with Crippen molar-refractivity contribution in [3.8, 4) is 23.0 Å². The van der Waals surface area contributed by atoms with Crippen molar-refractivity contribution in [1.82, 2.24) is 0 Å². The quantitative estimate of drug-likeness (QED) is 0.213. The van der Waals surface area contributed by atoms with Crippen molar-refractivity contribution in [2.24, 2.45) is 0 Å². The third kappa shape index (κ3) is 5.35. The molecule has 0 amide bonds. The topological polar surface area (TPSA) is 71.1 Å². The lowest BCUT2D eigenvalue weighted by molar-refractivity contribution is 0.0729. The van der Waals surface area contributed by atoms with Gasteiger partial charge in [-0.25, -0.2) is 4.79 Å². The Labute approximate surface area is 187 Å². The number of carbonyl (C=O) groups excluding carboxylic acids is 2. The highest BCUT2D eigenvalue weighted by Crippen LogP contribution is 2.31. The average Bonchev–Trinajstić information content (AvgIpc) is 2.82. The molecular formula is C26H24O6. The second kappa shape index (κ2) is 10.3. The predicted octanol–water partition coefficient (Wildman–Crippen LogP) is 5.14. The maximum Gasteiger partial charge on any atom is 0.343 e. The molecule has 0 unspecified atom stereocenters. The van der Waals surface area contributed by atoms with Gasteiger partial charge in [0.05, 0.1) is 26.9 Å². The molecule has 0 fully saturated rings. The third-order valence-electron chi connectivity index (χ3n) is 4.77. The fraction of sp³-hybridized carbons (Fsp3) is 0.154. The smallest absolute Gasteiger partial charge is 0.343 e. The normalized spacial score (nSPS) is 10.6. The summed E-state index contributed by atoms with van der Waals surface area (Å²) in [6, 6.07) is 17.2. The number of rotatable bonds is 8. The van der Waals surface area contributed by atoms with Crippen LogP contribution in [-0.2, 0) is 0 Å². The summed E-state index contributed by atoms with van der Waals surface area (Å²) >= 11 is 0.